The fourth-order valence-corrected chi connectivity index (χ4v) is 3.28. The predicted molar refractivity (Wildman–Crippen MR) is 131 cm³/mol. The van der Waals surface area contributed by atoms with Crippen molar-refractivity contribution in [1.29, 1.82) is 0 Å². The van der Waals surface area contributed by atoms with Gasteiger partial charge in [-0.05, 0) is 66.7 Å². The van der Waals surface area contributed by atoms with Crippen molar-refractivity contribution in [3.8, 4) is 11.5 Å². The summed E-state index contributed by atoms with van der Waals surface area (Å²) in [6.45, 7) is 12.8. The van der Waals surface area contributed by atoms with Crippen molar-refractivity contribution in [3.05, 3.63) is 48.0 Å². The van der Waals surface area contributed by atoms with Crippen LogP contribution >= 0.6 is 0 Å². The third kappa shape index (κ3) is 7.02. The lowest BCUT2D eigenvalue weighted by Crippen LogP contribution is -2.38. The average Bonchev–Trinajstić information content (AvgIpc) is 3.20. The summed E-state index contributed by atoms with van der Waals surface area (Å²) < 4.78 is 22.7. The van der Waals surface area contributed by atoms with E-state index in [1.54, 1.807) is 33.9 Å². The Morgan fingerprint density at radius 2 is 1.80 bits per heavy atom. The number of ether oxygens (including phenoxy) is 3. The van der Waals surface area contributed by atoms with Gasteiger partial charge in [-0.25, -0.2) is 14.6 Å². The van der Waals surface area contributed by atoms with E-state index in [1.807, 2.05) is 51.1 Å². The number of nitrogens with one attached hydrogen (secondary N) is 1. The van der Waals surface area contributed by atoms with Crippen LogP contribution in [0.2, 0.25) is 0 Å². The highest BCUT2D eigenvalue weighted by Gasteiger charge is 2.32. The Kier molecular flexibility index (Phi) is 7.80. The van der Waals surface area contributed by atoms with Crippen molar-refractivity contribution in [2.24, 2.45) is 0 Å². The Labute approximate surface area is 205 Å². The first-order valence-electron chi connectivity index (χ1n) is 11.5. The molecule has 0 spiro atoms. The fraction of sp³-hybridized carbons (Fsp3) is 0.462. The summed E-state index contributed by atoms with van der Waals surface area (Å²) in [6.07, 6.45) is 1.02. The highest BCUT2D eigenvalue weighted by atomic mass is 16.6. The van der Waals surface area contributed by atoms with Crippen LogP contribution in [-0.4, -0.2) is 46.4 Å². The summed E-state index contributed by atoms with van der Waals surface area (Å²) in [5, 5.41) is 3.57. The van der Waals surface area contributed by atoms with Gasteiger partial charge in [-0.2, -0.15) is 0 Å². The molecule has 2 aromatic heterocycles. The molecule has 0 saturated carbocycles. The highest BCUT2D eigenvalue weighted by molar-refractivity contribution is 5.94. The first-order chi connectivity index (χ1) is 16.4. The minimum Gasteiger partial charge on any atom is -0.461 e. The largest absolute Gasteiger partial charge is 0.461 e. The third-order valence-electron chi connectivity index (χ3n) is 4.69. The minimum atomic E-state index is -0.863. The van der Waals surface area contributed by atoms with Crippen molar-refractivity contribution in [1.82, 2.24) is 15.3 Å². The lowest BCUT2D eigenvalue weighted by Gasteiger charge is -2.26. The molecule has 0 aliphatic rings. The molecule has 1 amide bonds. The Balaban J connectivity index is 2.10. The van der Waals surface area contributed by atoms with Crippen LogP contribution in [0.4, 0.5) is 4.79 Å². The number of hydrogen-bond acceptors (Lipinski definition) is 8. The second-order valence-corrected chi connectivity index (χ2v) is 9.95. The molecule has 2 heterocycles. The molecule has 0 saturated heterocycles. The molecule has 3 rings (SSSR count). The maximum atomic E-state index is 12.9. The second-order valence-electron chi connectivity index (χ2n) is 9.95. The van der Waals surface area contributed by atoms with E-state index in [1.165, 1.54) is 0 Å². The van der Waals surface area contributed by atoms with Crippen molar-refractivity contribution in [2.75, 3.05) is 13.2 Å². The van der Waals surface area contributed by atoms with Gasteiger partial charge in [-0.3, -0.25) is 4.98 Å². The molecule has 9 nitrogen and oxygen atoms in total. The molecule has 0 radical (unpaired) electrons. The molecule has 9 heteroatoms. The highest BCUT2D eigenvalue weighted by Crippen LogP contribution is 2.32. The molecule has 1 atom stereocenters. The summed E-state index contributed by atoms with van der Waals surface area (Å²) in [5.41, 5.74) is 0.136. The van der Waals surface area contributed by atoms with Gasteiger partial charge in [0.1, 0.15) is 11.6 Å². The van der Waals surface area contributed by atoms with Gasteiger partial charge >= 0.3 is 12.1 Å². The molecule has 3 aromatic rings. The summed E-state index contributed by atoms with van der Waals surface area (Å²) in [6, 6.07) is 8.38. The number of carbonyl (C=O) groups excluding carboxylic acids is 2. The molecule has 0 fully saturated rings. The van der Waals surface area contributed by atoms with Gasteiger partial charge in [-0.15, -0.1) is 0 Å². The summed E-state index contributed by atoms with van der Waals surface area (Å²) in [4.78, 5) is 34.4. The summed E-state index contributed by atoms with van der Waals surface area (Å²) >= 11 is 0. The number of benzene rings is 1. The number of amides is 1. The number of alkyl carbamates (subject to hydrolysis) is 1. The smallest absolute Gasteiger partial charge is 0.408 e. The van der Waals surface area contributed by atoms with E-state index in [-0.39, 0.29) is 30.6 Å². The van der Waals surface area contributed by atoms with Crippen molar-refractivity contribution in [3.63, 3.8) is 0 Å². The van der Waals surface area contributed by atoms with Crippen LogP contribution in [0.1, 0.15) is 70.8 Å². The van der Waals surface area contributed by atoms with Crippen molar-refractivity contribution in [2.45, 2.75) is 65.7 Å². The first-order valence-corrected chi connectivity index (χ1v) is 11.5. The molecular weight excluding hydrogens is 450 g/mol. The number of aromatic nitrogens is 2. The van der Waals surface area contributed by atoms with E-state index in [9.17, 15) is 9.59 Å². The Hall–Kier alpha value is -3.46. The lowest BCUT2D eigenvalue weighted by molar-refractivity contribution is -0.0201. The summed E-state index contributed by atoms with van der Waals surface area (Å²) in [5.74, 6) is -0.342. The number of esters is 1. The van der Waals surface area contributed by atoms with E-state index in [4.69, 9.17) is 18.6 Å². The zero-order chi connectivity index (χ0) is 25.8. The zero-order valence-electron chi connectivity index (χ0n) is 21.3. The normalized spacial score (nSPS) is 12.9. The topological polar surface area (TPSA) is 113 Å². The van der Waals surface area contributed by atoms with Crippen LogP contribution < -0.4 is 5.32 Å². The van der Waals surface area contributed by atoms with Crippen LogP contribution in [0.25, 0.3) is 22.4 Å². The lowest BCUT2D eigenvalue weighted by atomic mass is 10.1. The number of hydrogen-bond donors (Lipinski definition) is 1. The number of pyridine rings is 1. The monoisotopic (exact) mass is 483 g/mol. The average molecular weight is 484 g/mol. The van der Waals surface area contributed by atoms with Crippen LogP contribution in [0.5, 0.6) is 0 Å². The molecule has 0 aliphatic carbocycles. The van der Waals surface area contributed by atoms with Gasteiger partial charge in [0.15, 0.2) is 11.5 Å². The maximum absolute atomic E-state index is 12.9. The van der Waals surface area contributed by atoms with Crippen LogP contribution in [-0.2, 0) is 14.2 Å². The third-order valence-corrected chi connectivity index (χ3v) is 4.69. The number of fused-ring (bicyclic) bond motifs is 1. The van der Waals surface area contributed by atoms with Crippen molar-refractivity contribution >= 4 is 23.0 Å². The Bertz CT molecular complexity index is 1180. The van der Waals surface area contributed by atoms with E-state index < -0.39 is 29.3 Å². The van der Waals surface area contributed by atoms with E-state index in [0.29, 0.717) is 5.56 Å². The number of carbonyl (C=O) groups is 2. The van der Waals surface area contributed by atoms with Crippen LogP contribution in [0.3, 0.4) is 0 Å². The Morgan fingerprint density at radius 3 is 2.46 bits per heavy atom. The van der Waals surface area contributed by atoms with Crippen LogP contribution in [0, 0.1) is 0 Å². The maximum Gasteiger partial charge on any atom is 0.408 e. The van der Waals surface area contributed by atoms with Gasteiger partial charge in [0.05, 0.1) is 24.3 Å². The van der Waals surface area contributed by atoms with E-state index in [0.717, 1.165) is 10.9 Å². The predicted octanol–water partition coefficient (Wildman–Crippen LogP) is 5.45. The number of nitrogens with zero attached hydrogens (tertiary/aromatic N) is 2. The van der Waals surface area contributed by atoms with Gasteiger partial charge in [-0.1, -0.05) is 12.1 Å². The number of oxazole rings is 1. The van der Waals surface area contributed by atoms with Gasteiger partial charge < -0.3 is 23.9 Å². The molecule has 0 aliphatic heterocycles. The first kappa shape index (κ1) is 26.2. The molecule has 0 bridgehead atoms. The fourth-order valence-electron chi connectivity index (χ4n) is 3.28. The molecule has 1 N–H and O–H groups in total. The second kappa shape index (κ2) is 10.4. The van der Waals surface area contributed by atoms with E-state index >= 15 is 0 Å². The van der Waals surface area contributed by atoms with Gasteiger partial charge in [0.25, 0.3) is 0 Å². The van der Waals surface area contributed by atoms with Gasteiger partial charge in [0, 0.05) is 17.1 Å². The molecule has 188 valence electrons. The quantitative estimate of drug-likeness (QED) is 0.442. The summed E-state index contributed by atoms with van der Waals surface area (Å²) in [7, 11) is 0. The molecular formula is C26H33N3O6. The Morgan fingerprint density at radius 1 is 1.06 bits per heavy atom. The van der Waals surface area contributed by atoms with Gasteiger partial charge in [0.2, 0.25) is 5.89 Å². The molecule has 1 aromatic carbocycles. The van der Waals surface area contributed by atoms with Crippen molar-refractivity contribution < 1.29 is 28.2 Å². The van der Waals surface area contributed by atoms with Crippen LogP contribution in [0.15, 0.2) is 40.9 Å². The molecule has 35 heavy (non-hydrogen) atoms. The van der Waals surface area contributed by atoms with E-state index in [2.05, 4.69) is 15.3 Å². The minimum absolute atomic E-state index is 0.0148. The molecule has 1 unspecified atom stereocenters. The standard InChI is InChI=1S/C26H33N3O6/c1-8-32-23(30)20-21(19(15-33-25(2,3)4)28-24(31)35-26(5,6)7)34-22(29-20)17-11-9-13-18-16(17)12-10-14-27-18/h9-14,19H,8,15H2,1-7H3,(H,28,31). The zero-order valence-corrected chi connectivity index (χ0v) is 21.3. The SMILES string of the molecule is CCOC(=O)c1nc(-c2cccc3ncccc23)oc1C(COC(C)(C)C)NC(=O)OC(C)(C)C. The number of rotatable bonds is 7.